The summed E-state index contributed by atoms with van der Waals surface area (Å²) in [6, 6.07) is 0. The van der Waals surface area contributed by atoms with Gasteiger partial charge < -0.3 is 4.74 Å². The summed E-state index contributed by atoms with van der Waals surface area (Å²) in [5.74, 6) is 0.125. The van der Waals surface area contributed by atoms with Crippen molar-refractivity contribution in [2.45, 2.75) is 64.0 Å². The lowest BCUT2D eigenvalue weighted by atomic mass is 9.72. The molecule has 0 aromatic rings. The molecule has 2 saturated heterocycles. The smallest absolute Gasteiger partial charge is 0.328 e. The Labute approximate surface area is 114 Å². The quantitative estimate of drug-likeness (QED) is 0.680. The number of Topliss-reactive ketones (excluding diaryl/α,β-unsaturated/α-hetero) is 1. The summed E-state index contributed by atoms with van der Waals surface area (Å²) >= 11 is 0. The number of nitrogens with zero attached hydrogens (tertiary/aromatic N) is 1. The van der Waals surface area contributed by atoms with Crippen molar-refractivity contribution < 1.29 is 14.3 Å². The average Bonchev–Trinajstić information content (AvgIpc) is 2.96. The number of piperidine rings is 1. The molecule has 0 radical (unpaired) electrons. The van der Waals surface area contributed by atoms with E-state index in [1.54, 1.807) is 0 Å². The van der Waals surface area contributed by atoms with Gasteiger partial charge in [0.1, 0.15) is 16.9 Å². The van der Waals surface area contributed by atoms with Crippen molar-refractivity contribution in [2.24, 2.45) is 5.41 Å². The molecule has 2 aliphatic heterocycles. The van der Waals surface area contributed by atoms with Crippen LogP contribution in [-0.4, -0.2) is 40.9 Å². The number of ketones is 1. The second-order valence-electron chi connectivity index (χ2n) is 7.21. The van der Waals surface area contributed by atoms with Crippen molar-refractivity contribution in [2.75, 3.05) is 13.1 Å². The zero-order valence-electron chi connectivity index (χ0n) is 12.1. The van der Waals surface area contributed by atoms with Crippen molar-refractivity contribution in [3.63, 3.8) is 0 Å². The SMILES string of the molecule is CC(C)(C)OC(=O)C12CCCN1CCC(=O)C21CC1. The molecule has 1 saturated carbocycles. The molecule has 3 aliphatic rings. The van der Waals surface area contributed by atoms with Crippen LogP contribution in [0.25, 0.3) is 0 Å². The average molecular weight is 265 g/mol. The Morgan fingerprint density at radius 3 is 2.47 bits per heavy atom. The van der Waals surface area contributed by atoms with Crippen LogP contribution in [0, 0.1) is 5.41 Å². The van der Waals surface area contributed by atoms with Crippen molar-refractivity contribution >= 4 is 11.8 Å². The summed E-state index contributed by atoms with van der Waals surface area (Å²) in [5.41, 5.74) is -1.55. The molecule has 4 nitrogen and oxygen atoms in total. The molecular formula is C15H23NO3. The lowest BCUT2D eigenvalue weighted by molar-refractivity contribution is -0.178. The number of fused-ring (bicyclic) bond motifs is 2. The fraction of sp³-hybridized carbons (Fsp3) is 0.867. The van der Waals surface area contributed by atoms with Crippen LogP contribution in [-0.2, 0) is 14.3 Å². The highest BCUT2D eigenvalue weighted by Gasteiger charge is 2.73. The molecule has 0 amide bonds. The van der Waals surface area contributed by atoms with E-state index >= 15 is 0 Å². The van der Waals surface area contributed by atoms with E-state index in [1.807, 2.05) is 20.8 Å². The van der Waals surface area contributed by atoms with E-state index in [0.717, 1.165) is 38.8 Å². The highest BCUT2D eigenvalue weighted by Crippen LogP contribution is 2.63. The van der Waals surface area contributed by atoms with Crippen LogP contribution in [0.15, 0.2) is 0 Å². The van der Waals surface area contributed by atoms with Gasteiger partial charge in [0.15, 0.2) is 0 Å². The van der Waals surface area contributed by atoms with E-state index < -0.39 is 16.6 Å². The fourth-order valence-electron chi connectivity index (χ4n) is 4.03. The third-order valence-electron chi connectivity index (χ3n) is 4.93. The standard InChI is InChI=1S/C15H23NO3/c1-13(2,3)19-12(18)15-6-4-9-16(15)10-5-11(17)14(15)7-8-14/h4-10H2,1-3H3. The molecule has 1 atom stereocenters. The van der Waals surface area contributed by atoms with Gasteiger partial charge in [-0.2, -0.15) is 0 Å². The van der Waals surface area contributed by atoms with Gasteiger partial charge in [-0.15, -0.1) is 0 Å². The monoisotopic (exact) mass is 265 g/mol. The van der Waals surface area contributed by atoms with Crippen molar-refractivity contribution in [1.82, 2.24) is 4.90 Å². The van der Waals surface area contributed by atoms with Gasteiger partial charge in [-0.3, -0.25) is 9.69 Å². The molecule has 3 fully saturated rings. The Hall–Kier alpha value is -0.900. The molecule has 1 unspecified atom stereocenters. The van der Waals surface area contributed by atoms with E-state index in [0.29, 0.717) is 6.42 Å². The third-order valence-corrected chi connectivity index (χ3v) is 4.93. The maximum absolute atomic E-state index is 12.8. The van der Waals surface area contributed by atoms with E-state index in [4.69, 9.17) is 4.74 Å². The fourth-order valence-corrected chi connectivity index (χ4v) is 4.03. The first-order valence-electron chi connectivity index (χ1n) is 7.34. The zero-order chi connectivity index (χ0) is 13.9. The minimum Gasteiger partial charge on any atom is -0.459 e. The van der Waals surface area contributed by atoms with Crippen molar-refractivity contribution in [3.05, 3.63) is 0 Å². The summed E-state index contributed by atoms with van der Waals surface area (Å²) in [5, 5.41) is 0. The molecule has 0 N–H and O–H groups in total. The predicted octanol–water partition coefficient (Wildman–Crippen LogP) is 1.92. The Kier molecular flexibility index (Phi) is 2.63. The van der Waals surface area contributed by atoms with E-state index in [2.05, 4.69) is 4.90 Å². The first kappa shape index (κ1) is 13.1. The van der Waals surface area contributed by atoms with Crippen molar-refractivity contribution in [1.29, 1.82) is 0 Å². The molecule has 0 bridgehead atoms. The van der Waals surface area contributed by atoms with Gasteiger partial charge in [0, 0.05) is 13.0 Å². The Bertz CT molecular complexity index is 433. The Morgan fingerprint density at radius 2 is 1.89 bits per heavy atom. The second kappa shape index (κ2) is 3.81. The van der Waals surface area contributed by atoms with Gasteiger partial charge in [0.2, 0.25) is 0 Å². The van der Waals surface area contributed by atoms with Gasteiger partial charge in [0.05, 0.1) is 5.41 Å². The van der Waals surface area contributed by atoms with Crippen LogP contribution in [0.2, 0.25) is 0 Å². The minimum absolute atomic E-state index is 0.164. The summed E-state index contributed by atoms with van der Waals surface area (Å²) in [6.07, 6.45) is 4.11. The topological polar surface area (TPSA) is 46.6 Å². The van der Waals surface area contributed by atoms with Crippen LogP contribution in [0.1, 0.15) is 52.9 Å². The highest BCUT2D eigenvalue weighted by atomic mass is 16.6. The molecule has 19 heavy (non-hydrogen) atoms. The Morgan fingerprint density at radius 1 is 1.21 bits per heavy atom. The number of esters is 1. The maximum atomic E-state index is 12.8. The third kappa shape index (κ3) is 1.69. The molecular weight excluding hydrogens is 242 g/mol. The summed E-state index contributed by atoms with van der Waals surface area (Å²) < 4.78 is 5.67. The number of ether oxygens (including phenoxy) is 1. The summed E-state index contributed by atoms with van der Waals surface area (Å²) in [4.78, 5) is 27.4. The van der Waals surface area contributed by atoms with E-state index in [9.17, 15) is 9.59 Å². The van der Waals surface area contributed by atoms with E-state index in [-0.39, 0.29) is 11.8 Å². The van der Waals surface area contributed by atoms with Crippen LogP contribution >= 0.6 is 0 Å². The number of hydrogen-bond donors (Lipinski definition) is 0. The minimum atomic E-state index is -0.643. The van der Waals surface area contributed by atoms with Gasteiger partial charge in [-0.05, 0) is 53.0 Å². The molecule has 2 heterocycles. The molecule has 1 aliphatic carbocycles. The van der Waals surface area contributed by atoms with Gasteiger partial charge >= 0.3 is 5.97 Å². The lowest BCUT2D eigenvalue weighted by Gasteiger charge is -2.46. The zero-order valence-corrected chi connectivity index (χ0v) is 12.1. The Balaban J connectivity index is 1.98. The highest BCUT2D eigenvalue weighted by molar-refractivity contribution is 5.99. The molecule has 4 heteroatoms. The molecule has 3 rings (SSSR count). The second-order valence-corrected chi connectivity index (χ2v) is 7.21. The molecule has 1 spiro atoms. The molecule has 0 aromatic heterocycles. The first-order chi connectivity index (χ1) is 8.82. The van der Waals surface area contributed by atoms with Crippen LogP contribution in [0.3, 0.4) is 0 Å². The van der Waals surface area contributed by atoms with Crippen LogP contribution in [0.5, 0.6) is 0 Å². The number of hydrogen-bond acceptors (Lipinski definition) is 4. The van der Waals surface area contributed by atoms with Crippen LogP contribution in [0.4, 0.5) is 0 Å². The van der Waals surface area contributed by atoms with E-state index in [1.165, 1.54) is 0 Å². The lowest BCUT2D eigenvalue weighted by Crippen LogP contribution is -2.64. The number of carbonyl (C=O) groups is 2. The molecule has 0 aromatic carbocycles. The maximum Gasteiger partial charge on any atom is 0.328 e. The predicted molar refractivity (Wildman–Crippen MR) is 70.7 cm³/mol. The normalized spacial score (nSPS) is 33.3. The summed E-state index contributed by atoms with van der Waals surface area (Å²) in [7, 11) is 0. The first-order valence-corrected chi connectivity index (χ1v) is 7.34. The molecule has 106 valence electrons. The van der Waals surface area contributed by atoms with Gasteiger partial charge in [0.25, 0.3) is 0 Å². The van der Waals surface area contributed by atoms with Gasteiger partial charge in [-0.25, -0.2) is 4.79 Å². The van der Waals surface area contributed by atoms with Crippen molar-refractivity contribution in [3.8, 4) is 0 Å². The van der Waals surface area contributed by atoms with Gasteiger partial charge in [-0.1, -0.05) is 0 Å². The van der Waals surface area contributed by atoms with Crippen LogP contribution < -0.4 is 0 Å². The number of rotatable bonds is 1. The summed E-state index contributed by atoms with van der Waals surface area (Å²) in [6.45, 7) is 7.33. The number of carbonyl (C=O) groups excluding carboxylic acids is 2. The largest absolute Gasteiger partial charge is 0.459 e.